The summed E-state index contributed by atoms with van der Waals surface area (Å²) in [6.07, 6.45) is -1.08. The molecule has 0 saturated carbocycles. The first kappa shape index (κ1) is 20.6. The number of carbonyl (C=O) groups is 1. The van der Waals surface area contributed by atoms with Crippen LogP contribution < -0.4 is 0 Å². The highest BCUT2D eigenvalue weighted by Crippen LogP contribution is 2.54. The molecule has 6 heteroatoms. The van der Waals surface area contributed by atoms with Crippen molar-refractivity contribution in [3.8, 4) is 0 Å². The molecule has 3 atom stereocenters. The normalized spacial score (nSPS) is 24.4. The van der Waals surface area contributed by atoms with Crippen LogP contribution in [0.15, 0.2) is 53.5 Å². The van der Waals surface area contributed by atoms with Gasteiger partial charge in [0, 0.05) is 11.2 Å². The molecule has 1 aliphatic carbocycles. The summed E-state index contributed by atoms with van der Waals surface area (Å²) in [6.45, 7) is 5.30. The minimum Gasteiger partial charge on any atom is -0.481 e. The summed E-state index contributed by atoms with van der Waals surface area (Å²) in [6, 6.07) is 9.29. The van der Waals surface area contributed by atoms with E-state index in [2.05, 4.69) is 0 Å². The van der Waals surface area contributed by atoms with Crippen molar-refractivity contribution in [2.24, 2.45) is 11.3 Å². The molecule has 26 heavy (non-hydrogen) atoms. The summed E-state index contributed by atoms with van der Waals surface area (Å²) >= 11 is 1.35. The summed E-state index contributed by atoms with van der Waals surface area (Å²) in [7, 11) is 0. The number of benzene rings is 1. The number of hydrogen-bond donors (Lipinski definition) is 1. The molecule has 0 heterocycles. The van der Waals surface area contributed by atoms with E-state index < -0.39 is 23.5 Å². The number of carboxylic acids is 1. The number of allylic oxidation sites excluding steroid dienone is 4. The third-order valence-corrected chi connectivity index (χ3v) is 5.67. The molecule has 1 aromatic carbocycles. The van der Waals surface area contributed by atoms with Gasteiger partial charge in [0.1, 0.15) is 5.41 Å². The van der Waals surface area contributed by atoms with Gasteiger partial charge in [0.25, 0.3) is 0 Å². The molecule has 3 unspecified atom stereocenters. The maximum absolute atomic E-state index is 14.1. The molecule has 1 aromatic rings. The fourth-order valence-electron chi connectivity index (χ4n) is 3.35. The van der Waals surface area contributed by atoms with Gasteiger partial charge in [-0.1, -0.05) is 69.3 Å². The van der Waals surface area contributed by atoms with Crippen LogP contribution in [0.25, 0.3) is 0 Å². The van der Waals surface area contributed by atoms with E-state index in [4.69, 9.17) is 0 Å². The van der Waals surface area contributed by atoms with Crippen LogP contribution in [0.3, 0.4) is 0 Å². The highest BCUT2D eigenvalue weighted by Gasteiger charge is 2.59. The average Bonchev–Trinajstić information content (AvgIpc) is 2.54. The van der Waals surface area contributed by atoms with Crippen LogP contribution in [-0.2, 0) is 4.79 Å². The Labute approximate surface area is 156 Å². The van der Waals surface area contributed by atoms with E-state index in [0.29, 0.717) is 4.91 Å². The smallest absolute Gasteiger partial charge is 0.402 e. The van der Waals surface area contributed by atoms with Gasteiger partial charge in [0.2, 0.25) is 0 Å². The molecular weight excluding hydrogens is 361 g/mol. The van der Waals surface area contributed by atoms with Crippen LogP contribution in [0.2, 0.25) is 0 Å². The number of aliphatic carboxylic acids is 1. The van der Waals surface area contributed by atoms with Crippen LogP contribution >= 0.6 is 11.8 Å². The van der Waals surface area contributed by atoms with Crippen LogP contribution in [0.5, 0.6) is 0 Å². The van der Waals surface area contributed by atoms with Crippen molar-refractivity contribution in [1.82, 2.24) is 0 Å². The van der Waals surface area contributed by atoms with E-state index in [1.807, 2.05) is 44.2 Å². The van der Waals surface area contributed by atoms with Crippen molar-refractivity contribution in [2.75, 3.05) is 0 Å². The fraction of sp³-hybridized carbons (Fsp3) is 0.450. The first-order chi connectivity index (χ1) is 12.1. The molecule has 0 fully saturated rings. The predicted octanol–water partition coefficient (Wildman–Crippen LogP) is 6.03. The summed E-state index contributed by atoms with van der Waals surface area (Å²) < 4.78 is 42.2. The molecular formula is C20H23F3O2S. The summed E-state index contributed by atoms with van der Waals surface area (Å²) in [5, 5.41) is 9.51. The molecule has 1 aliphatic rings. The van der Waals surface area contributed by atoms with Crippen molar-refractivity contribution < 1.29 is 23.1 Å². The SMILES string of the molecule is CCC(C(=O)O)C1(C(F)(F)F)C=CC(c2ccccc2)C(SC(C)C)=C1. The van der Waals surface area contributed by atoms with E-state index in [9.17, 15) is 23.1 Å². The zero-order valence-electron chi connectivity index (χ0n) is 15.0. The van der Waals surface area contributed by atoms with Crippen LogP contribution in [0.4, 0.5) is 13.2 Å². The number of carboxylic acid groups (broad SMARTS) is 1. The second-order valence-corrected chi connectivity index (χ2v) is 8.34. The highest BCUT2D eigenvalue weighted by atomic mass is 32.2. The Kier molecular flexibility index (Phi) is 6.27. The molecule has 0 amide bonds. The van der Waals surface area contributed by atoms with E-state index >= 15 is 0 Å². The zero-order valence-corrected chi connectivity index (χ0v) is 15.8. The largest absolute Gasteiger partial charge is 0.481 e. The first-order valence-electron chi connectivity index (χ1n) is 8.55. The monoisotopic (exact) mass is 384 g/mol. The second kappa shape index (κ2) is 7.91. The Bertz CT molecular complexity index is 695. The van der Waals surface area contributed by atoms with Gasteiger partial charge in [-0.15, -0.1) is 11.8 Å². The summed E-state index contributed by atoms with van der Waals surface area (Å²) in [4.78, 5) is 12.1. The lowest BCUT2D eigenvalue weighted by atomic mass is 9.69. The standard InChI is InChI=1S/C20H23F3O2S/c1-4-16(18(24)25)19(20(21,22)23)11-10-15(14-8-6-5-7-9-14)17(12-19)26-13(2)3/h5-13,15-16H,4H2,1-3H3,(H,24,25). The van der Waals surface area contributed by atoms with Gasteiger partial charge in [-0.05, 0) is 16.9 Å². The lowest BCUT2D eigenvalue weighted by molar-refractivity contribution is -0.211. The lowest BCUT2D eigenvalue weighted by Crippen LogP contribution is -2.46. The number of halogens is 3. The van der Waals surface area contributed by atoms with Crippen molar-refractivity contribution in [3.05, 3.63) is 59.0 Å². The Morgan fingerprint density at radius 1 is 1.27 bits per heavy atom. The molecule has 0 aromatic heterocycles. The molecule has 2 rings (SSSR count). The zero-order chi connectivity index (χ0) is 19.5. The van der Waals surface area contributed by atoms with E-state index in [0.717, 1.165) is 17.7 Å². The Morgan fingerprint density at radius 3 is 2.35 bits per heavy atom. The van der Waals surface area contributed by atoms with Gasteiger partial charge < -0.3 is 5.11 Å². The molecule has 142 valence electrons. The number of thioether (sulfide) groups is 1. The third-order valence-electron chi connectivity index (χ3n) is 4.56. The van der Waals surface area contributed by atoms with E-state index in [-0.39, 0.29) is 17.6 Å². The predicted molar refractivity (Wildman–Crippen MR) is 99.0 cm³/mol. The number of alkyl halides is 3. The van der Waals surface area contributed by atoms with Gasteiger partial charge in [0.05, 0.1) is 5.92 Å². The van der Waals surface area contributed by atoms with Crippen molar-refractivity contribution in [3.63, 3.8) is 0 Å². The molecule has 0 bridgehead atoms. The molecule has 0 aliphatic heterocycles. The molecule has 0 radical (unpaired) electrons. The summed E-state index contributed by atoms with van der Waals surface area (Å²) in [5.74, 6) is -3.29. The van der Waals surface area contributed by atoms with Crippen molar-refractivity contribution in [1.29, 1.82) is 0 Å². The first-order valence-corrected chi connectivity index (χ1v) is 9.43. The van der Waals surface area contributed by atoms with Gasteiger partial charge >= 0.3 is 12.1 Å². The molecule has 0 saturated heterocycles. The van der Waals surface area contributed by atoms with Gasteiger partial charge in [-0.25, -0.2) is 0 Å². The van der Waals surface area contributed by atoms with E-state index in [1.165, 1.54) is 24.8 Å². The Hall–Kier alpha value is -1.69. The van der Waals surface area contributed by atoms with Crippen LogP contribution in [0, 0.1) is 11.3 Å². The van der Waals surface area contributed by atoms with Crippen LogP contribution in [0.1, 0.15) is 38.7 Å². The topological polar surface area (TPSA) is 37.3 Å². The quantitative estimate of drug-likeness (QED) is 0.609. The average molecular weight is 384 g/mol. The minimum absolute atomic E-state index is 0.0785. The van der Waals surface area contributed by atoms with E-state index in [1.54, 1.807) is 0 Å². The fourth-order valence-corrected chi connectivity index (χ4v) is 4.51. The summed E-state index contributed by atoms with van der Waals surface area (Å²) in [5.41, 5.74) is -1.60. The van der Waals surface area contributed by atoms with Gasteiger partial charge in [0.15, 0.2) is 0 Å². The third kappa shape index (κ3) is 4.00. The number of rotatable bonds is 6. The van der Waals surface area contributed by atoms with Crippen molar-refractivity contribution in [2.45, 2.75) is 44.5 Å². The molecule has 2 nitrogen and oxygen atoms in total. The Morgan fingerprint density at radius 2 is 1.88 bits per heavy atom. The van der Waals surface area contributed by atoms with Gasteiger partial charge in [-0.2, -0.15) is 13.2 Å². The maximum atomic E-state index is 14.1. The lowest BCUT2D eigenvalue weighted by Gasteiger charge is -2.39. The second-order valence-electron chi connectivity index (χ2n) is 6.69. The minimum atomic E-state index is -4.69. The van der Waals surface area contributed by atoms with Gasteiger partial charge in [-0.3, -0.25) is 4.79 Å². The van der Waals surface area contributed by atoms with Crippen molar-refractivity contribution >= 4 is 17.7 Å². The number of hydrogen-bond acceptors (Lipinski definition) is 2. The Balaban J connectivity index is 2.62. The van der Waals surface area contributed by atoms with Crippen LogP contribution in [-0.4, -0.2) is 22.5 Å². The maximum Gasteiger partial charge on any atom is 0.402 e. The molecule has 0 spiro atoms. The highest BCUT2D eigenvalue weighted by molar-refractivity contribution is 8.03. The molecule has 1 N–H and O–H groups in total.